The van der Waals surface area contributed by atoms with E-state index in [0.29, 0.717) is 28.2 Å². The summed E-state index contributed by atoms with van der Waals surface area (Å²) in [5, 5.41) is 7.25. The van der Waals surface area contributed by atoms with Crippen LogP contribution in [-0.4, -0.2) is 54.2 Å². The number of nitrogens with one attached hydrogen (secondary N) is 2. The van der Waals surface area contributed by atoms with Crippen molar-refractivity contribution in [2.45, 2.75) is 56.3 Å². The van der Waals surface area contributed by atoms with Gasteiger partial charge in [-0.25, -0.2) is 4.98 Å². The summed E-state index contributed by atoms with van der Waals surface area (Å²) in [4.78, 5) is 18.4. The molecule has 0 spiro atoms. The quantitative estimate of drug-likeness (QED) is 0.452. The number of fused-ring (bicyclic) bond motifs is 1. The van der Waals surface area contributed by atoms with E-state index >= 15 is 0 Å². The van der Waals surface area contributed by atoms with Gasteiger partial charge in [-0.2, -0.15) is 13.2 Å². The molecule has 2 N–H and O–H groups in total. The Bertz CT molecular complexity index is 1250. The van der Waals surface area contributed by atoms with Gasteiger partial charge in [0.1, 0.15) is 0 Å². The fraction of sp³-hybridized carbons (Fsp3) is 0.448. The molecular weight excluding hydrogens is 477 g/mol. The summed E-state index contributed by atoms with van der Waals surface area (Å²) in [6, 6.07) is 7.36. The molecule has 0 aliphatic heterocycles. The van der Waals surface area contributed by atoms with Crippen LogP contribution in [0.4, 0.5) is 18.9 Å². The van der Waals surface area contributed by atoms with Gasteiger partial charge in [0, 0.05) is 35.0 Å². The van der Waals surface area contributed by atoms with E-state index in [4.69, 9.17) is 6.42 Å². The second kappa shape index (κ2) is 10.6. The summed E-state index contributed by atoms with van der Waals surface area (Å²) in [5.41, 5.74) is -0.816. The second-order valence-electron chi connectivity index (χ2n) is 10.2. The van der Waals surface area contributed by atoms with Crippen LogP contribution in [0.3, 0.4) is 0 Å². The molecule has 2 aromatic rings. The largest absolute Gasteiger partial charge is 0.417 e. The molecule has 2 saturated carbocycles. The number of pyridine rings is 1. The van der Waals surface area contributed by atoms with E-state index in [2.05, 4.69) is 47.1 Å². The minimum Gasteiger partial charge on any atom is -0.369 e. The molecule has 1 amide bonds. The fourth-order valence-corrected chi connectivity index (χ4v) is 4.86. The number of nitrogens with zero attached hydrogens (tertiary/aromatic N) is 2. The number of carbonyl (C=O) groups excluding carboxylic acids is 1. The number of hydrogen-bond donors (Lipinski definition) is 2. The Kier molecular flexibility index (Phi) is 7.65. The van der Waals surface area contributed by atoms with Crippen LogP contribution in [-0.2, 0) is 4.79 Å². The highest BCUT2D eigenvalue weighted by Crippen LogP contribution is 2.39. The van der Waals surface area contributed by atoms with E-state index in [1.807, 2.05) is 6.07 Å². The molecule has 0 saturated heterocycles. The van der Waals surface area contributed by atoms with E-state index in [1.54, 1.807) is 30.4 Å². The van der Waals surface area contributed by atoms with Crippen LogP contribution in [0.15, 0.2) is 36.9 Å². The van der Waals surface area contributed by atoms with Crippen molar-refractivity contribution in [1.29, 1.82) is 0 Å². The Labute approximate surface area is 216 Å². The lowest BCUT2D eigenvalue weighted by atomic mass is 9.79. The molecule has 4 rings (SSSR count). The lowest BCUT2D eigenvalue weighted by Crippen LogP contribution is -2.45. The van der Waals surface area contributed by atoms with Crippen molar-refractivity contribution in [2.75, 3.05) is 26.0 Å². The zero-order valence-electron chi connectivity index (χ0n) is 21.3. The maximum atomic E-state index is 13.7. The first-order valence-corrected chi connectivity index (χ1v) is 12.6. The number of allylic oxidation sites excluding steroid dienone is 1. The molecule has 0 bridgehead atoms. The van der Waals surface area contributed by atoms with Gasteiger partial charge in [0.15, 0.2) is 0 Å². The van der Waals surface area contributed by atoms with E-state index in [-0.39, 0.29) is 24.1 Å². The van der Waals surface area contributed by atoms with Crippen LogP contribution >= 0.6 is 0 Å². The maximum Gasteiger partial charge on any atom is 0.417 e. The van der Waals surface area contributed by atoms with Crippen molar-refractivity contribution in [2.24, 2.45) is 5.92 Å². The number of aromatic nitrogens is 1. The van der Waals surface area contributed by atoms with Crippen molar-refractivity contribution < 1.29 is 18.0 Å². The molecule has 5 nitrogen and oxygen atoms in total. The highest BCUT2D eigenvalue weighted by atomic mass is 19.4. The summed E-state index contributed by atoms with van der Waals surface area (Å²) >= 11 is 0. The van der Waals surface area contributed by atoms with E-state index < -0.39 is 17.3 Å². The van der Waals surface area contributed by atoms with Crippen molar-refractivity contribution in [3.05, 3.63) is 48.3 Å². The molecule has 1 aromatic heterocycles. The first kappa shape index (κ1) is 26.7. The molecule has 8 heteroatoms. The molecule has 1 heterocycles. The Morgan fingerprint density at radius 1 is 1.24 bits per heavy atom. The molecule has 2 aliphatic carbocycles. The molecule has 37 heavy (non-hydrogen) atoms. The summed E-state index contributed by atoms with van der Waals surface area (Å²) in [6.07, 6.45) is 9.83. The van der Waals surface area contributed by atoms with Gasteiger partial charge in [0.2, 0.25) is 5.91 Å². The molecular formula is C29H33F3N4O. The molecule has 2 fully saturated rings. The number of halogens is 3. The van der Waals surface area contributed by atoms with Crippen molar-refractivity contribution in [1.82, 2.24) is 15.2 Å². The fourth-order valence-electron chi connectivity index (χ4n) is 4.86. The van der Waals surface area contributed by atoms with E-state index in [1.165, 1.54) is 0 Å². The summed E-state index contributed by atoms with van der Waals surface area (Å²) in [5.74, 6) is 3.02. The molecule has 196 valence electrons. The summed E-state index contributed by atoms with van der Waals surface area (Å²) in [7, 11) is 4.11. The van der Waals surface area contributed by atoms with Crippen LogP contribution in [0.5, 0.6) is 0 Å². The van der Waals surface area contributed by atoms with Gasteiger partial charge >= 0.3 is 6.18 Å². The average molecular weight is 511 g/mol. The van der Waals surface area contributed by atoms with Crippen LogP contribution in [0, 0.1) is 18.3 Å². The predicted octanol–water partition coefficient (Wildman–Crippen LogP) is 5.64. The number of anilines is 1. The number of rotatable bonds is 8. The normalized spacial score (nSPS) is 22.2. The highest BCUT2D eigenvalue weighted by molar-refractivity contribution is 6.01. The standard InChI is InChI=1S/C29H33F3N4O/c1-5-28(15-13-22(14-16-28)36(3)4)35-25-10-6-9-23-24(25)18-21(34-26(23)19(2)29(30,31)32)8-7-17-33-27(37)20-11-12-20/h1,6-10,18,20,22,35H,2,11-17H2,3-4H3,(H,33,37)/b8-7+. The summed E-state index contributed by atoms with van der Waals surface area (Å²) < 4.78 is 41.1. The monoisotopic (exact) mass is 510 g/mol. The third-order valence-corrected chi connectivity index (χ3v) is 7.34. The number of carbonyl (C=O) groups is 1. The van der Waals surface area contributed by atoms with Crippen molar-refractivity contribution in [3.63, 3.8) is 0 Å². The van der Waals surface area contributed by atoms with Crippen LogP contribution in [0.2, 0.25) is 0 Å². The van der Waals surface area contributed by atoms with Gasteiger partial charge < -0.3 is 15.5 Å². The molecule has 2 aliphatic rings. The van der Waals surface area contributed by atoms with Crippen LogP contribution in [0.25, 0.3) is 22.4 Å². The molecule has 0 unspecified atom stereocenters. The molecule has 0 radical (unpaired) electrons. The Balaban J connectivity index is 1.68. The van der Waals surface area contributed by atoms with Crippen LogP contribution < -0.4 is 10.6 Å². The zero-order chi connectivity index (χ0) is 26.8. The third kappa shape index (κ3) is 6.16. The zero-order valence-corrected chi connectivity index (χ0v) is 21.3. The van der Waals surface area contributed by atoms with Crippen molar-refractivity contribution in [3.8, 4) is 12.3 Å². The highest BCUT2D eigenvalue weighted by Gasteiger charge is 2.37. The van der Waals surface area contributed by atoms with Crippen molar-refractivity contribution >= 4 is 34.0 Å². The Morgan fingerprint density at radius 3 is 2.54 bits per heavy atom. The maximum absolute atomic E-state index is 13.7. The number of alkyl halides is 3. The lowest BCUT2D eigenvalue weighted by molar-refractivity contribution is -0.122. The lowest BCUT2D eigenvalue weighted by Gasteiger charge is -2.40. The predicted molar refractivity (Wildman–Crippen MR) is 143 cm³/mol. The number of hydrogen-bond acceptors (Lipinski definition) is 4. The van der Waals surface area contributed by atoms with Gasteiger partial charge in [-0.1, -0.05) is 30.7 Å². The van der Waals surface area contributed by atoms with E-state index in [9.17, 15) is 18.0 Å². The second-order valence-corrected chi connectivity index (χ2v) is 10.2. The number of terminal acetylenes is 1. The van der Waals surface area contributed by atoms with Gasteiger partial charge in [0.05, 0.1) is 22.5 Å². The number of benzene rings is 1. The first-order valence-electron chi connectivity index (χ1n) is 12.6. The topological polar surface area (TPSA) is 57.3 Å². The van der Waals surface area contributed by atoms with Gasteiger partial charge in [-0.05, 0) is 70.8 Å². The minimum absolute atomic E-state index is 0.00249. The SMILES string of the molecule is C#CC1(Nc2cccc3c(C(=C)C(F)(F)F)nc(/C=C/CNC(=O)C4CC4)cc23)CCC(N(C)C)CC1. The Hall–Kier alpha value is -3.31. The van der Waals surface area contributed by atoms with E-state index in [0.717, 1.165) is 38.5 Å². The first-order chi connectivity index (χ1) is 17.5. The Morgan fingerprint density at radius 2 is 1.95 bits per heavy atom. The minimum atomic E-state index is -4.63. The van der Waals surface area contributed by atoms with Gasteiger partial charge in [-0.15, -0.1) is 6.42 Å². The number of amides is 1. The molecule has 1 aromatic carbocycles. The third-order valence-electron chi connectivity index (χ3n) is 7.34. The summed E-state index contributed by atoms with van der Waals surface area (Å²) in [6.45, 7) is 3.58. The molecule has 0 atom stereocenters. The van der Waals surface area contributed by atoms with Gasteiger partial charge in [0.25, 0.3) is 0 Å². The van der Waals surface area contributed by atoms with Crippen LogP contribution in [0.1, 0.15) is 49.9 Å². The van der Waals surface area contributed by atoms with Gasteiger partial charge in [-0.3, -0.25) is 4.79 Å². The average Bonchev–Trinajstić information content (AvgIpc) is 3.71. The smallest absolute Gasteiger partial charge is 0.369 e.